The zero-order chi connectivity index (χ0) is 21.1. The van der Waals surface area contributed by atoms with Gasteiger partial charge in [-0.05, 0) is 62.3 Å². The number of hydrogen-bond acceptors (Lipinski definition) is 4. The van der Waals surface area contributed by atoms with Crippen LogP contribution in [0.4, 0.5) is 13.2 Å². The van der Waals surface area contributed by atoms with E-state index in [-0.39, 0.29) is 23.1 Å². The van der Waals surface area contributed by atoms with Crippen LogP contribution in [0.15, 0.2) is 63.6 Å². The fraction of sp³-hybridized carbons (Fsp3) is 0.318. The van der Waals surface area contributed by atoms with Crippen LogP contribution >= 0.6 is 0 Å². The van der Waals surface area contributed by atoms with Crippen molar-refractivity contribution in [2.75, 3.05) is 19.6 Å². The van der Waals surface area contributed by atoms with Gasteiger partial charge in [-0.1, -0.05) is 12.1 Å². The minimum atomic E-state index is -4.45. The number of hydrogen-bond donors (Lipinski definition) is 1. The average molecular weight is 418 g/mol. The number of halogens is 3. The van der Waals surface area contributed by atoms with Gasteiger partial charge in [-0.15, -0.1) is 0 Å². The lowest BCUT2D eigenvalue weighted by Gasteiger charge is -2.25. The third kappa shape index (κ3) is 4.43. The highest BCUT2D eigenvalue weighted by molar-refractivity contribution is 5.92. The first kappa shape index (κ1) is 20.3. The Morgan fingerprint density at radius 2 is 1.90 bits per heavy atom. The smallest absolute Gasteiger partial charge is 0.416 e. The molecule has 1 atom stereocenters. The minimum absolute atomic E-state index is 0.0435. The highest BCUT2D eigenvalue weighted by Gasteiger charge is 2.31. The third-order valence-corrected chi connectivity index (χ3v) is 5.21. The molecule has 0 saturated carbocycles. The lowest BCUT2D eigenvalue weighted by molar-refractivity contribution is -0.137. The average Bonchev–Trinajstić information content (AvgIpc) is 3.49. The molecule has 3 heterocycles. The summed E-state index contributed by atoms with van der Waals surface area (Å²) in [6.07, 6.45) is -0.638. The standard InChI is InChI=1S/C22H21F3N2O3/c23-22(24,25)16-6-3-5-15(13-16)18-8-9-20(30-18)21(28)26-14-17(19-7-4-12-29-19)27-10-1-2-11-27/h3-9,12-13,17H,1-2,10-11,14H2,(H,26,28). The van der Waals surface area contributed by atoms with Gasteiger partial charge in [0.2, 0.25) is 0 Å². The Morgan fingerprint density at radius 3 is 2.60 bits per heavy atom. The van der Waals surface area contributed by atoms with E-state index in [1.807, 2.05) is 12.1 Å². The van der Waals surface area contributed by atoms with Crippen LogP contribution < -0.4 is 5.32 Å². The number of likely N-dealkylation sites (tertiary alicyclic amines) is 1. The van der Waals surface area contributed by atoms with Crippen LogP contribution in [0.3, 0.4) is 0 Å². The van der Waals surface area contributed by atoms with Gasteiger partial charge in [0.1, 0.15) is 11.5 Å². The van der Waals surface area contributed by atoms with Crippen LogP contribution in [0.1, 0.15) is 40.8 Å². The van der Waals surface area contributed by atoms with Crippen molar-refractivity contribution in [2.24, 2.45) is 0 Å². The van der Waals surface area contributed by atoms with Crippen molar-refractivity contribution in [3.63, 3.8) is 0 Å². The molecule has 5 nitrogen and oxygen atoms in total. The third-order valence-electron chi connectivity index (χ3n) is 5.21. The van der Waals surface area contributed by atoms with Crippen molar-refractivity contribution < 1.29 is 26.8 Å². The second-order valence-corrected chi connectivity index (χ2v) is 7.23. The summed E-state index contributed by atoms with van der Waals surface area (Å²) in [4.78, 5) is 14.8. The van der Waals surface area contributed by atoms with Gasteiger partial charge >= 0.3 is 6.18 Å². The Bertz CT molecular complexity index is 989. The van der Waals surface area contributed by atoms with Crippen molar-refractivity contribution >= 4 is 5.91 Å². The molecule has 1 aliphatic heterocycles. The molecule has 2 aromatic heterocycles. The molecule has 1 N–H and O–H groups in total. The number of amides is 1. The van der Waals surface area contributed by atoms with Crippen LogP contribution in [0, 0.1) is 0 Å². The maximum Gasteiger partial charge on any atom is 0.416 e. The Labute approximate surface area is 171 Å². The minimum Gasteiger partial charge on any atom is -0.468 e. The normalized spacial score (nSPS) is 16.0. The van der Waals surface area contributed by atoms with Crippen molar-refractivity contribution in [3.05, 3.63) is 71.9 Å². The van der Waals surface area contributed by atoms with Crippen molar-refractivity contribution in [1.29, 1.82) is 0 Å². The van der Waals surface area contributed by atoms with Crippen LogP contribution in [0.5, 0.6) is 0 Å². The maximum absolute atomic E-state index is 12.9. The molecule has 0 spiro atoms. The quantitative estimate of drug-likeness (QED) is 0.603. The molecular formula is C22H21F3N2O3. The number of nitrogens with one attached hydrogen (secondary N) is 1. The van der Waals surface area contributed by atoms with E-state index in [0.717, 1.165) is 43.8 Å². The molecule has 0 radical (unpaired) electrons. The van der Waals surface area contributed by atoms with E-state index in [1.54, 1.807) is 6.26 Å². The summed E-state index contributed by atoms with van der Waals surface area (Å²) in [5.41, 5.74) is -0.510. The van der Waals surface area contributed by atoms with E-state index in [4.69, 9.17) is 8.83 Å². The highest BCUT2D eigenvalue weighted by Crippen LogP contribution is 2.32. The van der Waals surface area contributed by atoms with Crippen molar-refractivity contribution in [2.45, 2.75) is 25.1 Å². The number of carbonyl (C=O) groups is 1. The summed E-state index contributed by atoms with van der Waals surface area (Å²) in [6, 6.07) is 11.4. The zero-order valence-electron chi connectivity index (χ0n) is 16.1. The fourth-order valence-corrected chi connectivity index (χ4v) is 3.68. The van der Waals surface area contributed by atoms with E-state index >= 15 is 0 Å². The number of rotatable bonds is 6. The van der Waals surface area contributed by atoms with Gasteiger partial charge in [-0.25, -0.2) is 0 Å². The number of alkyl halides is 3. The van der Waals surface area contributed by atoms with Crippen LogP contribution in [-0.4, -0.2) is 30.4 Å². The van der Waals surface area contributed by atoms with Gasteiger partial charge in [0, 0.05) is 12.1 Å². The van der Waals surface area contributed by atoms with E-state index in [9.17, 15) is 18.0 Å². The molecule has 0 aliphatic carbocycles. The van der Waals surface area contributed by atoms with Crippen molar-refractivity contribution in [1.82, 2.24) is 10.2 Å². The second-order valence-electron chi connectivity index (χ2n) is 7.23. The van der Waals surface area contributed by atoms with Gasteiger partial charge in [-0.3, -0.25) is 9.69 Å². The van der Waals surface area contributed by atoms with E-state index in [0.29, 0.717) is 6.54 Å². The topological polar surface area (TPSA) is 58.6 Å². The number of benzene rings is 1. The summed E-state index contributed by atoms with van der Waals surface area (Å²) >= 11 is 0. The first-order valence-corrected chi connectivity index (χ1v) is 9.75. The monoisotopic (exact) mass is 418 g/mol. The van der Waals surface area contributed by atoms with Gasteiger partial charge in [-0.2, -0.15) is 13.2 Å². The molecule has 1 amide bonds. The molecule has 1 aromatic carbocycles. The summed E-state index contributed by atoms with van der Waals surface area (Å²) in [7, 11) is 0. The van der Waals surface area contributed by atoms with E-state index in [2.05, 4.69) is 10.2 Å². The molecule has 1 fully saturated rings. The molecule has 4 rings (SSSR count). The Hall–Kier alpha value is -3.00. The van der Waals surface area contributed by atoms with Crippen LogP contribution in [0.25, 0.3) is 11.3 Å². The summed E-state index contributed by atoms with van der Waals surface area (Å²) < 4.78 is 49.9. The van der Waals surface area contributed by atoms with Gasteiger partial charge in [0.25, 0.3) is 5.91 Å². The molecule has 30 heavy (non-hydrogen) atoms. The summed E-state index contributed by atoms with van der Waals surface area (Å²) in [5.74, 6) is 0.598. The predicted octanol–water partition coefficient (Wildman–Crippen LogP) is 5.13. The molecule has 1 saturated heterocycles. The number of furan rings is 2. The first-order valence-electron chi connectivity index (χ1n) is 9.75. The fourth-order valence-electron chi connectivity index (χ4n) is 3.68. The predicted molar refractivity (Wildman–Crippen MR) is 104 cm³/mol. The van der Waals surface area contributed by atoms with Crippen LogP contribution in [0.2, 0.25) is 0 Å². The molecule has 158 valence electrons. The zero-order valence-corrected chi connectivity index (χ0v) is 16.1. The molecule has 1 unspecified atom stereocenters. The Morgan fingerprint density at radius 1 is 1.10 bits per heavy atom. The number of nitrogens with zero attached hydrogens (tertiary/aromatic N) is 1. The number of carbonyl (C=O) groups excluding carboxylic acids is 1. The summed E-state index contributed by atoms with van der Waals surface area (Å²) in [6.45, 7) is 2.20. The Balaban J connectivity index is 1.45. The largest absolute Gasteiger partial charge is 0.468 e. The van der Waals surface area contributed by atoms with Gasteiger partial charge < -0.3 is 14.2 Å². The first-order chi connectivity index (χ1) is 14.4. The molecule has 0 bridgehead atoms. The van der Waals surface area contributed by atoms with E-state index in [1.165, 1.54) is 24.3 Å². The molecule has 1 aliphatic rings. The molecular weight excluding hydrogens is 397 g/mol. The Kier molecular flexibility index (Phi) is 5.67. The lowest BCUT2D eigenvalue weighted by Crippen LogP contribution is -2.36. The highest BCUT2D eigenvalue weighted by atomic mass is 19.4. The summed E-state index contributed by atoms with van der Waals surface area (Å²) in [5, 5.41) is 2.85. The molecule has 3 aromatic rings. The van der Waals surface area contributed by atoms with E-state index < -0.39 is 17.6 Å². The van der Waals surface area contributed by atoms with Gasteiger partial charge in [0.05, 0.1) is 17.9 Å². The second kappa shape index (κ2) is 8.39. The van der Waals surface area contributed by atoms with Crippen LogP contribution in [-0.2, 0) is 6.18 Å². The van der Waals surface area contributed by atoms with Gasteiger partial charge in [0.15, 0.2) is 5.76 Å². The van der Waals surface area contributed by atoms with Crippen molar-refractivity contribution in [3.8, 4) is 11.3 Å². The lowest BCUT2D eigenvalue weighted by atomic mass is 10.1. The maximum atomic E-state index is 12.9. The molecule has 8 heteroatoms. The SMILES string of the molecule is O=C(NCC(c1ccco1)N1CCCC1)c1ccc(-c2cccc(C(F)(F)F)c2)o1.